The van der Waals surface area contributed by atoms with Crippen LogP contribution in [-0.4, -0.2) is 21.5 Å². The van der Waals surface area contributed by atoms with Gasteiger partial charge < -0.3 is 0 Å². The molecule has 4 atom stereocenters. The van der Waals surface area contributed by atoms with Gasteiger partial charge in [-0.3, -0.25) is 14.5 Å². The number of benzene rings is 1. The lowest BCUT2D eigenvalue weighted by molar-refractivity contribution is -0.122. The van der Waals surface area contributed by atoms with Crippen LogP contribution in [0, 0.1) is 11.8 Å². The van der Waals surface area contributed by atoms with Gasteiger partial charge in [0.15, 0.2) is 0 Å². The van der Waals surface area contributed by atoms with E-state index < -0.39 is 0 Å². The Morgan fingerprint density at radius 3 is 2.10 bits per heavy atom. The molecule has 2 fully saturated rings. The average Bonchev–Trinajstić information content (AvgIpc) is 2.63. The smallest absolute Gasteiger partial charge is 0.237 e. The molecule has 2 amide bonds. The zero-order valence-corrected chi connectivity index (χ0v) is 14.4. The Labute approximate surface area is 138 Å². The second-order valence-corrected chi connectivity index (χ2v) is 8.00. The van der Waals surface area contributed by atoms with Crippen LogP contribution in [0.15, 0.2) is 24.3 Å². The van der Waals surface area contributed by atoms with Gasteiger partial charge in [0.05, 0.1) is 17.5 Å². The van der Waals surface area contributed by atoms with Crippen LogP contribution < -0.4 is 4.90 Å². The van der Waals surface area contributed by atoms with Gasteiger partial charge in [0.2, 0.25) is 11.8 Å². The average molecular weight is 422 g/mol. The van der Waals surface area contributed by atoms with E-state index >= 15 is 0 Å². The summed E-state index contributed by atoms with van der Waals surface area (Å²) in [5, 5.41) is 0.523. The maximum absolute atomic E-state index is 12.5. The molecule has 106 valence electrons. The van der Waals surface area contributed by atoms with Crippen molar-refractivity contribution in [3.63, 3.8) is 0 Å². The molecule has 1 saturated carbocycles. The first-order chi connectivity index (χ1) is 9.49. The highest BCUT2D eigenvalue weighted by Gasteiger charge is 2.52. The third-order valence-electron chi connectivity index (χ3n) is 3.98. The zero-order chi connectivity index (χ0) is 14.4. The minimum atomic E-state index is -0.223. The summed E-state index contributed by atoms with van der Waals surface area (Å²) in [6, 6.07) is 6.88. The van der Waals surface area contributed by atoms with Crippen LogP contribution in [0.1, 0.15) is 12.8 Å². The lowest BCUT2D eigenvalue weighted by Gasteiger charge is -2.29. The molecule has 0 bridgehead atoms. The van der Waals surface area contributed by atoms with Crippen molar-refractivity contribution in [3.05, 3.63) is 29.3 Å². The number of nitrogens with zero attached hydrogens (tertiary/aromatic N) is 1. The summed E-state index contributed by atoms with van der Waals surface area (Å²) < 4.78 is 0. The molecule has 20 heavy (non-hydrogen) atoms. The van der Waals surface area contributed by atoms with E-state index in [1.807, 2.05) is 0 Å². The molecule has 0 radical (unpaired) electrons. The Morgan fingerprint density at radius 1 is 1.05 bits per heavy atom. The molecule has 1 aliphatic carbocycles. The van der Waals surface area contributed by atoms with Crippen LogP contribution in [-0.2, 0) is 9.59 Å². The quantitative estimate of drug-likeness (QED) is 0.511. The Kier molecular flexibility index (Phi) is 3.95. The molecule has 3 nitrogen and oxygen atoms in total. The molecule has 2 aliphatic rings. The second-order valence-electron chi connectivity index (χ2n) is 5.21. The van der Waals surface area contributed by atoms with Crippen LogP contribution in [0.5, 0.6) is 0 Å². The number of rotatable bonds is 1. The fourth-order valence-electron chi connectivity index (χ4n) is 2.96. The van der Waals surface area contributed by atoms with Crippen molar-refractivity contribution in [1.29, 1.82) is 0 Å². The summed E-state index contributed by atoms with van der Waals surface area (Å²) in [6.45, 7) is 0. The van der Waals surface area contributed by atoms with Gasteiger partial charge >= 0.3 is 0 Å². The molecular formula is C14H12Br2ClNO2. The summed E-state index contributed by atoms with van der Waals surface area (Å²) >= 11 is 13.1. The zero-order valence-electron chi connectivity index (χ0n) is 10.4. The van der Waals surface area contributed by atoms with Gasteiger partial charge in [-0.2, -0.15) is 0 Å². The first-order valence-electron chi connectivity index (χ1n) is 6.40. The third kappa shape index (κ3) is 2.34. The number of halogens is 3. The van der Waals surface area contributed by atoms with Gasteiger partial charge in [-0.25, -0.2) is 0 Å². The van der Waals surface area contributed by atoms with Crippen molar-refractivity contribution in [1.82, 2.24) is 0 Å². The van der Waals surface area contributed by atoms with E-state index in [4.69, 9.17) is 11.6 Å². The molecule has 0 aromatic heterocycles. The number of carbonyl (C=O) groups excluding carboxylic acids is 2. The number of carbonyl (C=O) groups is 2. The van der Waals surface area contributed by atoms with Gasteiger partial charge in [-0.05, 0) is 31.0 Å². The monoisotopic (exact) mass is 419 g/mol. The number of imide groups is 1. The molecular weight excluding hydrogens is 409 g/mol. The van der Waals surface area contributed by atoms with Crippen molar-refractivity contribution in [2.24, 2.45) is 11.8 Å². The van der Waals surface area contributed by atoms with Gasteiger partial charge in [-0.15, -0.1) is 0 Å². The van der Waals surface area contributed by atoms with E-state index in [2.05, 4.69) is 31.9 Å². The summed E-state index contributed by atoms with van der Waals surface area (Å²) in [7, 11) is 0. The second kappa shape index (κ2) is 5.43. The molecule has 4 unspecified atom stereocenters. The topological polar surface area (TPSA) is 37.4 Å². The molecule has 1 aliphatic heterocycles. The first kappa shape index (κ1) is 14.5. The number of alkyl halides is 2. The minimum absolute atomic E-state index is 0.105. The lowest BCUT2D eigenvalue weighted by atomic mass is 9.81. The Morgan fingerprint density at radius 2 is 1.60 bits per heavy atom. The van der Waals surface area contributed by atoms with Gasteiger partial charge in [0.25, 0.3) is 0 Å². The Bertz CT molecular complexity index is 552. The highest BCUT2D eigenvalue weighted by molar-refractivity contribution is 9.12. The van der Waals surface area contributed by atoms with Crippen LogP contribution in [0.4, 0.5) is 5.69 Å². The molecule has 1 heterocycles. The van der Waals surface area contributed by atoms with E-state index in [1.54, 1.807) is 24.3 Å². The van der Waals surface area contributed by atoms with E-state index in [-0.39, 0.29) is 33.3 Å². The standard InChI is InChI=1S/C14H12Br2ClNO2/c15-11-5-9-10(6-12(11)16)14(20)18(13(9)19)8-3-1-2-7(17)4-8/h1-4,9-12H,5-6H2. The SMILES string of the molecule is O=C1C2CC(Br)C(Br)CC2C(=O)N1c1cccc(Cl)c1. The van der Waals surface area contributed by atoms with E-state index in [0.717, 1.165) is 0 Å². The minimum Gasteiger partial charge on any atom is -0.274 e. The molecule has 1 aromatic rings. The fourth-order valence-corrected chi connectivity index (χ4v) is 4.39. The van der Waals surface area contributed by atoms with E-state index in [0.29, 0.717) is 23.6 Å². The summed E-state index contributed by atoms with van der Waals surface area (Å²) in [6.07, 6.45) is 1.37. The van der Waals surface area contributed by atoms with Crippen molar-refractivity contribution >= 4 is 61.0 Å². The number of amides is 2. The maximum Gasteiger partial charge on any atom is 0.237 e. The fraction of sp³-hybridized carbons (Fsp3) is 0.429. The first-order valence-corrected chi connectivity index (χ1v) is 8.61. The number of hydrogen-bond acceptors (Lipinski definition) is 2. The van der Waals surface area contributed by atoms with E-state index in [9.17, 15) is 9.59 Å². The van der Waals surface area contributed by atoms with Crippen molar-refractivity contribution < 1.29 is 9.59 Å². The molecule has 6 heteroatoms. The predicted molar refractivity (Wildman–Crippen MR) is 85.6 cm³/mol. The highest BCUT2D eigenvalue weighted by atomic mass is 79.9. The lowest BCUT2D eigenvalue weighted by Crippen LogP contribution is -2.34. The van der Waals surface area contributed by atoms with Crippen LogP contribution in [0.3, 0.4) is 0 Å². The third-order valence-corrected chi connectivity index (χ3v) is 6.95. The molecule has 0 N–H and O–H groups in total. The Hall–Kier alpha value is -0.390. The van der Waals surface area contributed by atoms with Crippen LogP contribution >= 0.6 is 43.5 Å². The van der Waals surface area contributed by atoms with Crippen LogP contribution in [0.25, 0.3) is 0 Å². The summed E-state index contributed by atoms with van der Waals surface area (Å²) in [4.78, 5) is 26.8. The van der Waals surface area contributed by atoms with Crippen molar-refractivity contribution in [3.8, 4) is 0 Å². The van der Waals surface area contributed by atoms with Gasteiger partial charge in [-0.1, -0.05) is 49.5 Å². The molecule has 0 spiro atoms. The predicted octanol–water partition coefficient (Wildman–Crippen LogP) is 3.77. The Balaban J connectivity index is 1.95. The van der Waals surface area contributed by atoms with Gasteiger partial charge in [0, 0.05) is 14.7 Å². The van der Waals surface area contributed by atoms with Crippen LogP contribution in [0.2, 0.25) is 5.02 Å². The normalized spacial score (nSPS) is 33.5. The summed E-state index contributed by atoms with van der Waals surface area (Å²) in [5.41, 5.74) is 0.569. The van der Waals surface area contributed by atoms with Crippen molar-refractivity contribution in [2.45, 2.75) is 22.5 Å². The molecule has 1 aromatic carbocycles. The maximum atomic E-state index is 12.5. The molecule has 3 rings (SSSR count). The number of fused-ring (bicyclic) bond motifs is 1. The van der Waals surface area contributed by atoms with E-state index in [1.165, 1.54) is 4.90 Å². The summed E-state index contributed by atoms with van der Waals surface area (Å²) in [5.74, 6) is -0.656. The number of hydrogen-bond donors (Lipinski definition) is 0. The largest absolute Gasteiger partial charge is 0.274 e. The highest BCUT2D eigenvalue weighted by Crippen LogP contribution is 2.44. The molecule has 1 saturated heterocycles. The number of anilines is 1. The van der Waals surface area contributed by atoms with Crippen molar-refractivity contribution in [2.75, 3.05) is 4.90 Å². The van der Waals surface area contributed by atoms with Gasteiger partial charge in [0.1, 0.15) is 0 Å².